The maximum absolute atomic E-state index is 13.4. The maximum Gasteiger partial charge on any atom is 0.220 e. The highest BCUT2D eigenvalue weighted by atomic mass is 19.1. The van der Waals surface area contributed by atoms with Crippen molar-refractivity contribution in [2.45, 2.75) is 32.6 Å². The third-order valence-corrected chi connectivity index (χ3v) is 5.25. The number of piperidine rings is 1. The molecule has 0 bridgehead atoms. The summed E-state index contributed by atoms with van der Waals surface area (Å²) in [6, 6.07) is 4.60. The smallest absolute Gasteiger partial charge is 0.220 e. The third-order valence-electron chi connectivity index (χ3n) is 5.25. The number of aromatic nitrogens is 2. The summed E-state index contributed by atoms with van der Waals surface area (Å²) in [6.45, 7) is 4.83. The van der Waals surface area contributed by atoms with Crippen molar-refractivity contribution in [3.05, 3.63) is 29.8 Å². The molecule has 1 aliphatic rings. The summed E-state index contributed by atoms with van der Waals surface area (Å²) in [5, 5.41) is 6.40. The summed E-state index contributed by atoms with van der Waals surface area (Å²) >= 11 is 0. The van der Waals surface area contributed by atoms with Crippen molar-refractivity contribution in [2.75, 3.05) is 19.6 Å². The Morgan fingerprint density at radius 2 is 2.36 bits per heavy atom. The fraction of sp³-hybridized carbons (Fsp3) is 0.579. The van der Waals surface area contributed by atoms with Crippen molar-refractivity contribution in [3.63, 3.8) is 0 Å². The van der Waals surface area contributed by atoms with E-state index in [-0.39, 0.29) is 11.7 Å². The van der Waals surface area contributed by atoms with Crippen LogP contribution in [0.1, 0.15) is 32.0 Å². The Morgan fingerprint density at radius 3 is 3.12 bits per heavy atom. The van der Waals surface area contributed by atoms with E-state index in [2.05, 4.69) is 22.5 Å². The zero-order valence-corrected chi connectivity index (χ0v) is 15.0. The number of carbonyl (C=O) groups excluding carboxylic acids is 1. The van der Waals surface area contributed by atoms with Crippen molar-refractivity contribution in [1.29, 1.82) is 0 Å². The van der Waals surface area contributed by atoms with Gasteiger partial charge in [-0.25, -0.2) is 9.37 Å². The second-order valence-electron chi connectivity index (χ2n) is 7.11. The standard InChI is InChI=1S/C19H27FN4O/c1-13(14-4-3-8-21-12-14)10-19(25)22-9-7-18-23-16-6-5-15(20)11-17(16)24(18)2/h5-6,11,13-14,21H,3-4,7-10,12H2,1-2H3,(H,22,25). The van der Waals surface area contributed by atoms with Gasteiger partial charge in [0, 0.05) is 26.4 Å². The number of hydrogen-bond acceptors (Lipinski definition) is 3. The van der Waals surface area contributed by atoms with E-state index in [0.29, 0.717) is 31.2 Å². The number of benzene rings is 1. The first-order chi connectivity index (χ1) is 12.0. The van der Waals surface area contributed by atoms with E-state index in [9.17, 15) is 9.18 Å². The lowest BCUT2D eigenvalue weighted by Crippen LogP contribution is -2.36. The molecule has 6 heteroatoms. The SMILES string of the molecule is CC(CC(=O)NCCc1nc2ccc(F)cc2n1C)C1CCCNC1. The molecule has 1 aromatic carbocycles. The van der Waals surface area contributed by atoms with Crippen LogP contribution >= 0.6 is 0 Å². The molecule has 1 saturated heterocycles. The van der Waals surface area contributed by atoms with Crippen LogP contribution < -0.4 is 10.6 Å². The maximum atomic E-state index is 13.4. The lowest BCUT2D eigenvalue weighted by molar-refractivity contribution is -0.122. The van der Waals surface area contributed by atoms with Gasteiger partial charge in [0.15, 0.2) is 0 Å². The lowest BCUT2D eigenvalue weighted by atomic mass is 9.85. The number of fused-ring (bicyclic) bond motifs is 1. The third kappa shape index (κ3) is 4.37. The second kappa shape index (κ2) is 7.95. The van der Waals surface area contributed by atoms with E-state index in [1.54, 1.807) is 6.07 Å². The van der Waals surface area contributed by atoms with E-state index >= 15 is 0 Å². The molecule has 2 heterocycles. The number of nitrogens with zero attached hydrogens (tertiary/aromatic N) is 2. The van der Waals surface area contributed by atoms with Gasteiger partial charge in [0.25, 0.3) is 0 Å². The molecule has 0 radical (unpaired) electrons. The van der Waals surface area contributed by atoms with Gasteiger partial charge in [0.1, 0.15) is 11.6 Å². The van der Waals surface area contributed by atoms with Crippen LogP contribution in [0.25, 0.3) is 11.0 Å². The van der Waals surface area contributed by atoms with Crippen molar-refractivity contribution in [3.8, 4) is 0 Å². The van der Waals surface area contributed by atoms with Crippen LogP contribution in [0.5, 0.6) is 0 Å². The Morgan fingerprint density at radius 1 is 1.52 bits per heavy atom. The number of carbonyl (C=O) groups is 1. The molecular formula is C19H27FN4O. The number of hydrogen-bond donors (Lipinski definition) is 2. The minimum Gasteiger partial charge on any atom is -0.356 e. The summed E-state index contributed by atoms with van der Waals surface area (Å²) in [7, 11) is 1.88. The molecule has 2 aromatic rings. The summed E-state index contributed by atoms with van der Waals surface area (Å²) in [6.07, 6.45) is 3.61. The van der Waals surface area contributed by atoms with Gasteiger partial charge in [0.05, 0.1) is 11.0 Å². The summed E-state index contributed by atoms with van der Waals surface area (Å²) in [5.41, 5.74) is 1.56. The molecule has 2 unspecified atom stereocenters. The number of halogens is 1. The van der Waals surface area contributed by atoms with Crippen LogP contribution in [-0.2, 0) is 18.3 Å². The zero-order chi connectivity index (χ0) is 17.8. The molecular weight excluding hydrogens is 319 g/mol. The predicted octanol–water partition coefficient (Wildman–Crippen LogP) is 2.40. The molecule has 2 atom stereocenters. The van der Waals surface area contributed by atoms with E-state index < -0.39 is 0 Å². The van der Waals surface area contributed by atoms with Gasteiger partial charge < -0.3 is 15.2 Å². The fourth-order valence-electron chi connectivity index (χ4n) is 3.65. The monoisotopic (exact) mass is 346 g/mol. The Labute approximate surface area is 148 Å². The first-order valence-electron chi connectivity index (χ1n) is 9.13. The molecule has 5 nitrogen and oxygen atoms in total. The number of nitrogens with one attached hydrogen (secondary N) is 2. The average Bonchev–Trinajstić information content (AvgIpc) is 2.91. The van der Waals surface area contributed by atoms with Crippen LogP contribution in [0.2, 0.25) is 0 Å². The molecule has 0 spiro atoms. The fourth-order valence-corrected chi connectivity index (χ4v) is 3.65. The lowest BCUT2D eigenvalue weighted by Gasteiger charge is -2.28. The highest BCUT2D eigenvalue weighted by molar-refractivity contribution is 5.77. The van der Waals surface area contributed by atoms with E-state index in [1.165, 1.54) is 25.0 Å². The molecule has 1 aliphatic heterocycles. The molecule has 136 valence electrons. The minimum atomic E-state index is -0.262. The van der Waals surface area contributed by atoms with Gasteiger partial charge in [-0.05, 0) is 56.0 Å². The van der Waals surface area contributed by atoms with Crippen molar-refractivity contribution in [1.82, 2.24) is 20.2 Å². The molecule has 1 amide bonds. The van der Waals surface area contributed by atoms with Gasteiger partial charge in [-0.2, -0.15) is 0 Å². The van der Waals surface area contributed by atoms with Crippen molar-refractivity contribution < 1.29 is 9.18 Å². The molecule has 2 N–H and O–H groups in total. The number of amides is 1. The van der Waals surface area contributed by atoms with Gasteiger partial charge >= 0.3 is 0 Å². The Bertz CT molecular complexity index is 736. The molecule has 1 fully saturated rings. The predicted molar refractivity (Wildman–Crippen MR) is 96.8 cm³/mol. The van der Waals surface area contributed by atoms with Crippen LogP contribution in [0, 0.1) is 17.7 Å². The van der Waals surface area contributed by atoms with Gasteiger partial charge in [-0.3, -0.25) is 4.79 Å². The molecule has 1 aromatic heterocycles. The first kappa shape index (κ1) is 17.9. The van der Waals surface area contributed by atoms with Crippen molar-refractivity contribution in [2.24, 2.45) is 18.9 Å². The quantitative estimate of drug-likeness (QED) is 0.844. The Kier molecular flexibility index (Phi) is 5.68. The average molecular weight is 346 g/mol. The Balaban J connectivity index is 1.49. The number of imidazole rings is 1. The molecule has 0 saturated carbocycles. The van der Waals surface area contributed by atoms with E-state index in [4.69, 9.17) is 0 Å². The van der Waals surface area contributed by atoms with Gasteiger partial charge in [-0.1, -0.05) is 6.92 Å². The first-order valence-corrected chi connectivity index (χ1v) is 9.13. The summed E-state index contributed by atoms with van der Waals surface area (Å²) in [5.74, 6) is 1.68. The van der Waals surface area contributed by atoms with Crippen LogP contribution in [0.15, 0.2) is 18.2 Å². The normalized spacial score (nSPS) is 19.1. The molecule has 0 aliphatic carbocycles. The number of rotatable bonds is 6. The van der Waals surface area contributed by atoms with Gasteiger partial charge in [0.2, 0.25) is 5.91 Å². The van der Waals surface area contributed by atoms with Crippen LogP contribution in [0.3, 0.4) is 0 Å². The largest absolute Gasteiger partial charge is 0.356 e. The summed E-state index contributed by atoms with van der Waals surface area (Å²) < 4.78 is 15.2. The topological polar surface area (TPSA) is 59.0 Å². The van der Waals surface area contributed by atoms with Crippen molar-refractivity contribution >= 4 is 16.9 Å². The molecule has 3 rings (SSSR count). The van der Waals surface area contributed by atoms with E-state index in [1.807, 2.05) is 11.6 Å². The summed E-state index contributed by atoms with van der Waals surface area (Å²) in [4.78, 5) is 16.7. The number of aryl methyl sites for hydroxylation is 1. The van der Waals surface area contributed by atoms with Gasteiger partial charge in [-0.15, -0.1) is 0 Å². The van der Waals surface area contributed by atoms with E-state index in [0.717, 1.165) is 29.9 Å². The minimum absolute atomic E-state index is 0.0999. The van der Waals surface area contributed by atoms with Crippen LogP contribution in [0.4, 0.5) is 4.39 Å². The second-order valence-corrected chi connectivity index (χ2v) is 7.11. The highest BCUT2D eigenvalue weighted by Crippen LogP contribution is 2.22. The van der Waals surface area contributed by atoms with Crippen LogP contribution in [-0.4, -0.2) is 35.1 Å². The Hall–Kier alpha value is -1.95. The highest BCUT2D eigenvalue weighted by Gasteiger charge is 2.21. The zero-order valence-electron chi connectivity index (χ0n) is 15.0. The molecule has 25 heavy (non-hydrogen) atoms.